The monoisotopic (exact) mass is 359 g/mol. The van der Waals surface area contributed by atoms with Crippen LogP contribution >= 0.6 is 27.5 Å². The smallest absolute Gasteiger partial charge is 0.269 e. The van der Waals surface area contributed by atoms with E-state index in [1.54, 1.807) is 0 Å². The quantitative estimate of drug-likeness (QED) is 0.761. The molecule has 0 bridgehead atoms. The Morgan fingerprint density at radius 1 is 1.10 bits per heavy atom. The number of aromatic nitrogens is 2. The van der Waals surface area contributed by atoms with Gasteiger partial charge in [0.25, 0.3) is 5.91 Å². The Bertz CT molecular complexity index is 773. The summed E-state index contributed by atoms with van der Waals surface area (Å²) in [5.74, 6) is -0.207. The number of carbonyl (C=O) groups is 1. The first-order valence-electron chi connectivity index (χ1n) is 6.19. The summed E-state index contributed by atoms with van der Waals surface area (Å²) >= 11 is 4.47. The highest BCUT2D eigenvalue weighted by molar-refractivity contribution is 9.10. The summed E-state index contributed by atoms with van der Waals surface area (Å²) in [6.07, 6.45) is 0. The van der Waals surface area contributed by atoms with Crippen LogP contribution in [0.3, 0.4) is 0 Å². The first kappa shape index (κ1) is 13.9. The molecule has 0 aliphatic heterocycles. The SMILES string of the molecule is O=C(Nc1cccc(Br)c1)c1snnc1-c1ccccc1. The van der Waals surface area contributed by atoms with Gasteiger partial charge in [0.2, 0.25) is 0 Å². The Kier molecular flexibility index (Phi) is 4.08. The largest absolute Gasteiger partial charge is 0.321 e. The van der Waals surface area contributed by atoms with Crippen LogP contribution in [0.2, 0.25) is 0 Å². The molecule has 0 saturated heterocycles. The molecule has 0 aliphatic carbocycles. The van der Waals surface area contributed by atoms with E-state index in [1.807, 2.05) is 54.6 Å². The van der Waals surface area contributed by atoms with Crippen LogP contribution in [0.4, 0.5) is 5.69 Å². The standard InChI is InChI=1S/C15H10BrN3OS/c16-11-7-4-8-12(9-11)17-15(20)14-13(18-19-21-14)10-5-2-1-3-6-10/h1-9H,(H,17,20). The van der Waals surface area contributed by atoms with E-state index in [2.05, 4.69) is 30.8 Å². The van der Waals surface area contributed by atoms with Crippen molar-refractivity contribution in [3.63, 3.8) is 0 Å². The minimum Gasteiger partial charge on any atom is -0.321 e. The summed E-state index contributed by atoms with van der Waals surface area (Å²) in [7, 11) is 0. The van der Waals surface area contributed by atoms with Crippen molar-refractivity contribution in [2.75, 3.05) is 5.32 Å². The van der Waals surface area contributed by atoms with E-state index >= 15 is 0 Å². The zero-order chi connectivity index (χ0) is 14.7. The van der Waals surface area contributed by atoms with Gasteiger partial charge in [-0.05, 0) is 29.7 Å². The highest BCUT2D eigenvalue weighted by Crippen LogP contribution is 2.25. The van der Waals surface area contributed by atoms with Crippen LogP contribution in [-0.2, 0) is 0 Å². The molecule has 0 aliphatic rings. The van der Waals surface area contributed by atoms with E-state index in [0.717, 1.165) is 27.3 Å². The van der Waals surface area contributed by atoms with E-state index in [9.17, 15) is 4.79 Å². The molecule has 6 heteroatoms. The first-order chi connectivity index (χ1) is 10.2. The molecule has 1 N–H and O–H groups in total. The first-order valence-corrected chi connectivity index (χ1v) is 7.75. The number of hydrogen-bond donors (Lipinski definition) is 1. The van der Waals surface area contributed by atoms with E-state index in [4.69, 9.17) is 0 Å². The molecule has 0 spiro atoms. The predicted molar refractivity (Wildman–Crippen MR) is 87.4 cm³/mol. The van der Waals surface area contributed by atoms with Crippen molar-refractivity contribution in [1.29, 1.82) is 0 Å². The Balaban J connectivity index is 1.88. The van der Waals surface area contributed by atoms with E-state index in [1.165, 1.54) is 0 Å². The molecule has 1 heterocycles. The Hall–Kier alpha value is -2.05. The molecule has 104 valence electrons. The van der Waals surface area contributed by atoms with Crippen LogP contribution in [0.15, 0.2) is 59.1 Å². The summed E-state index contributed by atoms with van der Waals surface area (Å²) in [5, 5.41) is 6.92. The molecule has 3 aromatic rings. The van der Waals surface area contributed by atoms with Crippen LogP contribution < -0.4 is 5.32 Å². The second-order valence-electron chi connectivity index (χ2n) is 4.28. The number of halogens is 1. The average molecular weight is 360 g/mol. The number of benzene rings is 2. The molecular weight excluding hydrogens is 350 g/mol. The third-order valence-electron chi connectivity index (χ3n) is 2.82. The van der Waals surface area contributed by atoms with E-state index in [0.29, 0.717) is 10.6 Å². The molecule has 2 aromatic carbocycles. The van der Waals surface area contributed by atoms with Gasteiger partial charge >= 0.3 is 0 Å². The number of carbonyl (C=O) groups excluding carboxylic acids is 1. The highest BCUT2D eigenvalue weighted by Gasteiger charge is 2.17. The van der Waals surface area contributed by atoms with Crippen molar-refractivity contribution in [2.24, 2.45) is 0 Å². The van der Waals surface area contributed by atoms with Crippen molar-refractivity contribution in [3.05, 3.63) is 63.9 Å². The fourth-order valence-corrected chi connectivity index (χ4v) is 2.86. The van der Waals surface area contributed by atoms with Crippen molar-refractivity contribution in [2.45, 2.75) is 0 Å². The molecule has 3 rings (SSSR count). The molecule has 0 atom stereocenters. The van der Waals surface area contributed by atoms with Gasteiger partial charge in [0.1, 0.15) is 10.6 Å². The van der Waals surface area contributed by atoms with Crippen molar-refractivity contribution >= 4 is 39.1 Å². The number of anilines is 1. The van der Waals surface area contributed by atoms with Gasteiger partial charge in [0.05, 0.1) is 0 Å². The number of rotatable bonds is 3. The summed E-state index contributed by atoms with van der Waals surface area (Å²) in [4.78, 5) is 12.9. The van der Waals surface area contributed by atoms with Crippen LogP contribution in [0.5, 0.6) is 0 Å². The molecular formula is C15H10BrN3OS. The normalized spacial score (nSPS) is 10.3. The summed E-state index contributed by atoms with van der Waals surface area (Å²) in [6.45, 7) is 0. The van der Waals surface area contributed by atoms with Crippen LogP contribution in [0, 0.1) is 0 Å². The maximum absolute atomic E-state index is 12.4. The van der Waals surface area contributed by atoms with Crippen LogP contribution in [0.1, 0.15) is 9.67 Å². The summed E-state index contributed by atoms with van der Waals surface area (Å²) in [6, 6.07) is 17.0. The summed E-state index contributed by atoms with van der Waals surface area (Å²) < 4.78 is 4.81. The Labute approximate surface area is 134 Å². The minimum absolute atomic E-state index is 0.207. The lowest BCUT2D eigenvalue weighted by Gasteiger charge is -2.05. The van der Waals surface area contributed by atoms with E-state index < -0.39 is 0 Å². The third-order valence-corrected chi connectivity index (χ3v) is 4.04. The maximum Gasteiger partial charge on any atom is 0.269 e. The van der Waals surface area contributed by atoms with Gasteiger partial charge in [-0.25, -0.2) is 0 Å². The number of nitrogens with one attached hydrogen (secondary N) is 1. The lowest BCUT2D eigenvalue weighted by atomic mass is 10.1. The molecule has 0 unspecified atom stereocenters. The maximum atomic E-state index is 12.4. The van der Waals surface area contributed by atoms with E-state index in [-0.39, 0.29) is 5.91 Å². The van der Waals surface area contributed by atoms with Gasteiger partial charge in [0, 0.05) is 15.7 Å². The molecule has 1 aromatic heterocycles. The predicted octanol–water partition coefficient (Wildman–Crippen LogP) is 4.22. The van der Waals surface area contributed by atoms with Gasteiger partial charge in [-0.1, -0.05) is 56.8 Å². The van der Waals surface area contributed by atoms with Gasteiger partial charge in [-0.2, -0.15) is 0 Å². The molecule has 4 nitrogen and oxygen atoms in total. The fourth-order valence-electron chi connectivity index (χ4n) is 1.88. The topological polar surface area (TPSA) is 54.9 Å². The second-order valence-corrected chi connectivity index (χ2v) is 5.95. The minimum atomic E-state index is -0.207. The Morgan fingerprint density at radius 3 is 2.67 bits per heavy atom. The molecule has 1 amide bonds. The fraction of sp³-hybridized carbons (Fsp3) is 0. The number of hydrogen-bond acceptors (Lipinski definition) is 4. The third kappa shape index (κ3) is 3.17. The second kappa shape index (κ2) is 6.15. The summed E-state index contributed by atoms with van der Waals surface area (Å²) in [5.41, 5.74) is 2.21. The van der Waals surface area contributed by atoms with Gasteiger partial charge in [-0.3, -0.25) is 4.79 Å². The average Bonchev–Trinajstić information content (AvgIpc) is 2.98. The lowest BCUT2D eigenvalue weighted by molar-refractivity contribution is 0.103. The number of nitrogens with zero attached hydrogens (tertiary/aromatic N) is 2. The number of amides is 1. The molecule has 0 saturated carbocycles. The van der Waals surface area contributed by atoms with Crippen molar-refractivity contribution in [1.82, 2.24) is 9.59 Å². The molecule has 21 heavy (non-hydrogen) atoms. The van der Waals surface area contributed by atoms with Crippen molar-refractivity contribution < 1.29 is 4.79 Å². The Morgan fingerprint density at radius 2 is 1.90 bits per heavy atom. The van der Waals surface area contributed by atoms with Gasteiger partial charge < -0.3 is 5.32 Å². The van der Waals surface area contributed by atoms with Crippen LogP contribution in [-0.4, -0.2) is 15.5 Å². The zero-order valence-electron chi connectivity index (χ0n) is 10.8. The molecule has 0 radical (unpaired) electrons. The van der Waals surface area contributed by atoms with Crippen molar-refractivity contribution in [3.8, 4) is 11.3 Å². The zero-order valence-corrected chi connectivity index (χ0v) is 13.2. The van der Waals surface area contributed by atoms with Gasteiger partial charge in [0.15, 0.2) is 0 Å². The molecule has 0 fully saturated rings. The van der Waals surface area contributed by atoms with Crippen LogP contribution in [0.25, 0.3) is 11.3 Å². The van der Waals surface area contributed by atoms with Gasteiger partial charge in [-0.15, -0.1) is 5.10 Å². The highest BCUT2D eigenvalue weighted by atomic mass is 79.9. The lowest BCUT2D eigenvalue weighted by Crippen LogP contribution is -2.11.